The van der Waals surface area contributed by atoms with E-state index in [-0.39, 0.29) is 11.9 Å². The van der Waals surface area contributed by atoms with Gasteiger partial charge in [-0.3, -0.25) is 0 Å². The van der Waals surface area contributed by atoms with Crippen molar-refractivity contribution in [2.75, 3.05) is 0 Å². The van der Waals surface area contributed by atoms with Gasteiger partial charge in [-0.05, 0) is 66.8 Å². The molecule has 0 aromatic heterocycles. The molecule has 0 heterocycles. The second-order valence-electron chi connectivity index (χ2n) is 6.47. The lowest BCUT2D eigenvalue weighted by Gasteiger charge is -2.33. The molecule has 0 aliphatic heterocycles. The highest BCUT2D eigenvalue weighted by Gasteiger charge is 2.39. The van der Waals surface area contributed by atoms with Crippen LogP contribution in [0.4, 0.5) is 4.39 Å². The van der Waals surface area contributed by atoms with Crippen LogP contribution in [-0.2, 0) is 0 Å². The molecule has 2 atom stereocenters. The third-order valence-electron chi connectivity index (χ3n) is 4.67. The van der Waals surface area contributed by atoms with Gasteiger partial charge in [-0.15, -0.1) is 0 Å². The minimum atomic E-state index is -0.161. The molecule has 1 saturated carbocycles. The van der Waals surface area contributed by atoms with Crippen LogP contribution in [0.15, 0.2) is 12.1 Å². The Morgan fingerprint density at radius 2 is 1.83 bits per heavy atom. The van der Waals surface area contributed by atoms with Crippen LogP contribution < -0.4 is 5.73 Å². The molecule has 0 saturated heterocycles. The number of hydrogen-bond donors (Lipinski definition) is 1. The number of hydrogen-bond acceptors (Lipinski definition) is 1. The highest BCUT2D eigenvalue weighted by Crippen LogP contribution is 2.48. The highest BCUT2D eigenvalue weighted by molar-refractivity contribution is 5.37. The second-order valence-corrected chi connectivity index (χ2v) is 6.47. The fraction of sp³-hybridized carbons (Fsp3) is 0.625. The Bertz CT molecular complexity index is 427. The van der Waals surface area contributed by atoms with Crippen LogP contribution in [0, 0.1) is 31.0 Å². The first-order valence-corrected chi connectivity index (χ1v) is 6.85. The summed E-state index contributed by atoms with van der Waals surface area (Å²) in [5, 5.41) is 0. The van der Waals surface area contributed by atoms with E-state index in [1.54, 1.807) is 12.1 Å². The minimum Gasteiger partial charge on any atom is -0.324 e. The predicted octanol–water partition coefficient (Wildman–Crippen LogP) is 4.27. The fourth-order valence-corrected chi connectivity index (χ4v) is 3.67. The minimum absolute atomic E-state index is 0.0306. The van der Waals surface area contributed by atoms with Crippen LogP contribution in [0.25, 0.3) is 0 Å². The first kappa shape index (κ1) is 13.5. The van der Waals surface area contributed by atoms with E-state index in [0.29, 0.717) is 11.3 Å². The van der Waals surface area contributed by atoms with Gasteiger partial charge in [0.05, 0.1) is 0 Å². The zero-order valence-electron chi connectivity index (χ0n) is 11.9. The number of halogens is 1. The molecule has 100 valence electrons. The maximum Gasteiger partial charge on any atom is 0.123 e. The van der Waals surface area contributed by atoms with E-state index < -0.39 is 0 Å². The molecule has 0 amide bonds. The number of benzene rings is 1. The van der Waals surface area contributed by atoms with Crippen molar-refractivity contribution in [1.82, 2.24) is 0 Å². The number of aryl methyl sites for hydroxylation is 2. The van der Waals surface area contributed by atoms with E-state index in [9.17, 15) is 4.39 Å². The zero-order chi connectivity index (χ0) is 13.5. The van der Waals surface area contributed by atoms with Gasteiger partial charge in [-0.1, -0.05) is 20.3 Å². The Morgan fingerprint density at radius 1 is 1.28 bits per heavy atom. The summed E-state index contributed by atoms with van der Waals surface area (Å²) in [5.41, 5.74) is 9.93. The Hall–Kier alpha value is -0.890. The quantitative estimate of drug-likeness (QED) is 0.832. The lowest BCUT2D eigenvalue weighted by molar-refractivity contribution is 0.221. The molecule has 0 radical (unpaired) electrons. The number of nitrogens with two attached hydrogens (primary N) is 1. The molecule has 1 aliphatic carbocycles. The summed E-state index contributed by atoms with van der Waals surface area (Å²) in [7, 11) is 0. The summed E-state index contributed by atoms with van der Waals surface area (Å²) in [6, 6.07) is 3.23. The second kappa shape index (κ2) is 4.65. The van der Waals surface area contributed by atoms with Gasteiger partial charge in [0.25, 0.3) is 0 Å². The van der Waals surface area contributed by atoms with Gasteiger partial charge >= 0.3 is 0 Å². The Labute approximate surface area is 110 Å². The molecule has 2 unspecified atom stereocenters. The Balaban J connectivity index is 2.37. The lowest BCUT2D eigenvalue weighted by Crippen LogP contribution is -2.30. The summed E-state index contributed by atoms with van der Waals surface area (Å²) >= 11 is 0. The summed E-state index contributed by atoms with van der Waals surface area (Å²) in [5.74, 6) is 0.340. The van der Waals surface area contributed by atoms with E-state index in [0.717, 1.165) is 16.7 Å². The van der Waals surface area contributed by atoms with Gasteiger partial charge in [-0.2, -0.15) is 0 Å². The van der Waals surface area contributed by atoms with Crippen molar-refractivity contribution in [1.29, 1.82) is 0 Å². The molecule has 1 aromatic rings. The maximum atomic E-state index is 13.4. The van der Waals surface area contributed by atoms with Crippen molar-refractivity contribution in [3.8, 4) is 0 Å². The SMILES string of the molecule is Cc1cc(F)cc(C)c1C(N)C1CCCC1(C)C. The van der Waals surface area contributed by atoms with Crippen LogP contribution in [0.5, 0.6) is 0 Å². The van der Waals surface area contributed by atoms with Gasteiger partial charge in [0.1, 0.15) is 5.82 Å². The molecule has 0 spiro atoms. The van der Waals surface area contributed by atoms with E-state index >= 15 is 0 Å². The van der Waals surface area contributed by atoms with Gasteiger partial charge in [0, 0.05) is 6.04 Å². The van der Waals surface area contributed by atoms with Crippen LogP contribution in [0.3, 0.4) is 0 Å². The molecular weight excluding hydrogens is 225 g/mol. The molecule has 2 rings (SSSR count). The average molecular weight is 249 g/mol. The summed E-state index contributed by atoms with van der Waals surface area (Å²) in [4.78, 5) is 0. The molecule has 1 aliphatic rings. The van der Waals surface area contributed by atoms with E-state index in [2.05, 4.69) is 13.8 Å². The lowest BCUT2D eigenvalue weighted by atomic mass is 9.74. The zero-order valence-corrected chi connectivity index (χ0v) is 11.9. The van der Waals surface area contributed by atoms with Gasteiger partial charge < -0.3 is 5.73 Å². The van der Waals surface area contributed by atoms with Crippen LogP contribution in [0.1, 0.15) is 55.8 Å². The Kier molecular flexibility index (Phi) is 3.50. The first-order valence-electron chi connectivity index (χ1n) is 6.85. The van der Waals surface area contributed by atoms with Crippen molar-refractivity contribution in [3.05, 3.63) is 34.6 Å². The summed E-state index contributed by atoms with van der Waals surface area (Å²) in [6.07, 6.45) is 3.68. The standard InChI is InChI=1S/C16H24FN/c1-10-8-12(17)9-11(2)14(10)15(18)13-6-5-7-16(13,3)4/h8-9,13,15H,5-7,18H2,1-4H3. The molecule has 1 aromatic carbocycles. The van der Waals surface area contributed by atoms with Crippen LogP contribution in [0.2, 0.25) is 0 Å². The van der Waals surface area contributed by atoms with Gasteiger partial charge in [-0.25, -0.2) is 4.39 Å². The third kappa shape index (κ3) is 2.31. The van der Waals surface area contributed by atoms with Crippen molar-refractivity contribution in [2.24, 2.45) is 17.1 Å². The molecule has 1 fully saturated rings. The maximum absolute atomic E-state index is 13.4. The predicted molar refractivity (Wildman–Crippen MR) is 73.9 cm³/mol. The summed E-state index contributed by atoms with van der Waals surface area (Å²) < 4.78 is 13.4. The molecule has 1 nitrogen and oxygen atoms in total. The average Bonchev–Trinajstić information content (AvgIpc) is 2.56. The monoisotopic (exact) mass is 249 g/mol. The first-order chi connectivity index (χ1) is 8.33. The molecular formula is C16H24FN. The largest absolute Gasteiger partial charge is 0.324 e. The van der Waals surface area contributed by atoms with Crippen molar-refractivity contribution in [2.45, 2.75) is 53.0 Å². The normalized spacial score (nSPS) is 24.2. The van der Waals surface area contributed by atoms with Gasteiger partial charge in [0.15, 0.2) is 0 Å². The van der Waals surface area contributed by atoms with Crippen molar-refractivity contribution in [3.63, 3.8) is 0 Å². The van der Waals surface area contributed by atoms with E-state index in [1.807, 2.05) is 13.8 Å². The van der Waals surface area contributed by atoms with Crippen LogP contribution >= 0.6 is 0 Å². The topological polar surface area (TPSA) is 26.0 Å². The van der Waals surface area contributed by atoms with Gasteiger partial charge in [0.2, 0.25) is 0 Å². The molecule has 2 heteroatoms. The van der Waals surface area contributed by atoms with E-state index in [4.69, 9.17) is 5.73 Å². The van der Waals surface area contributed by atoms with E-state index in [1.165, 1.54) is 19.3 Å². The smallest absolute Gasteiger partial charge is 0.123 e. The third-order valence-corrected chi connectivity index (χ3v) is 4.67. The fourth-order valence-electron chi connectivity index (χ4n) is 3.67. The van der Waals surface area contributed by atoms with Crippen LogP contribution in [-0.4, -0.2) is 0 Å². The van der Waals surface area contributed by atoms with Crippen molar-refractivity contribution >= 4 is 0 Å². The molecule has 18 heavy (non-hydrogen) atoms. The molecule has 2 N–H and O–H groups in total. The number of rotatable bonds is 2. The molecule has 0 bridgehead atoms. The summed E-state index contributed by atoms with van der Waals surface area (Å²) in [6.45, 7) is 8.54. The van der Waals surface area contributed by atoms with Crippen molar-refractivity contribution < 1.29 is 4.39 Å². The Morgan fingerprint density at radius 3 is 2.28 bits per heavy atom. The highest BCUT2D eigenvalue weighted by atomic mass is 19.1.